The van der Waals surface area contributed by atoms with E-state index in [-0.39, 0.29) is 11.9 Å². The Morgan fingerprint density at radius 1 is 1.53 bits per heavy atom. The summed E-state index contributed by atoms with van der Waals surface area (Å²) in [6.07, 6.45) is 7.37. The van der Waals surface area contributed by atoms with Gasteiger partial charge in [0.05, 0.1) is 11.9 Å². The van der Waals surface area contributed by atoms with Crippen molar-refractivity contribution in [1.29, 1.82) is 0 Å². The first-order valence-corrected chi connectivity index (χ1v) is 6.23. The lowest BCUT2D eigenvalue weighted by molar-refractivity contribution is 0.474. The molecule has 0 fully saturated rings. The molecule has 1 unspecified atom stereocenters. The quantitative estimate of drug-likeness (QED) is 0.551. The maximum atomic E-state index is 12.8. The van der Waals surface area contributed by atoms with Crippen LogP contribution in [0.15, 0.2) is 31.0 Å². The number of unbranched alkanes of at least 4 members (excludes halogenated alkanes) is 1. The molecule has 0 aliphatic heterocycles. The van der Waals surface area contributed by atoms with Gasteiger partial charge in [0.1, 0.15) is 5.82 Å². The minimum absolute atomic E-state index is 0.218. The van der Waals surface area contributed by atoms with E-state index in [4.69, 9.17) is 0 Å². The van der Waals surface area contributed by atoms with Crippen LogP contribution in [-0.4, -0.2) is 11.5 Å². The van der Waals surface area contributed by atoms with Gasteiger partial charge in [-0.2, -0.15) is 0 Å². The smallest absolute Gasteiger partial charge is 0.141 e. The van der Waals surface area contributed by atoms with Crippen molar-refractivity contribution >= 4 is 0 Å². The standard InChI is InChI=1S/C14H21FN2/c1-3-5-6-7-13(16-10-4-2)14-9-8-12(15)11-17-14/h3,8-9,11,13,16H,1,4-7,10H2,2H3. The van der Waals surface area contributed by atoms with Crippen LogP contribution >= 0.6 is 0 Å². The van der Waals surface area contributed by atoms with Crippen molar-refractivity contribution in [2.24, 2.45) is 0 Å². The first kappa shape index (κ1) is 13.8. The van der Waals surface area contributed by atoms with E-state index in [9.17, 15) is 4.39 Å². The molecule has 1 aromatic heterocycles. The first-order valence-electron chi connectivity index (χ1n) is 6.23. The van der Waals surface area contributed by atoms with Crippen LogP contribution in [0.2, 0.25) is 0 Å². The van der Waals surface area contributed by atoms with Crippen molar-refractivity contribution in [1.82, 2.24) is 10.3 Å². The average molecular weight is 236 g/mol. The summed E-state index contributed by atoms with van der Waals surface area (Å²) in [4.78, 5) is 4.15. The second-order valence-corrected chi connectivity index (χ2v) is 4.13. The van der Waals surface area contributed by atoms with Gasteiger partial charge >= 0.3 is 0 Å². The highest BCUT2D eigenvalue weighted by Gasteiger charge is 2.11. The molecular formula is C14H21FN2. The van der Waals surface area contributed by atoms with Crippen LogP contribution in [0, 0.1) is 5.82 Å². The lowest BCUT2D eigenvalue weighted by Crippen LogP contribution is -2.23. The summed E-state index contributed by atoms with van der Waals surface area (Å²) >= 11 is 0. The molecule has 1 atom stereocenters. The molecule has 1 aromatic rings. The molecule has 1 N–H and O–H groups in total. The number of allylic oxidation sites excluding steroid dienone is 1. The molecule has 17 heavy (non-hydrogen) atoms. The van der Waals surface area contributed by atoms with Gasteiger partial charge < -0.3 is 5.32 Å². The molecular weight excluding hydrogens is 215 g/mol. The number of nitrogens with zero attached hydrogens (tertiary/aromatic N) is 1. The molecule has 1 rings (SSSR count). The monoisotopic (exact) mass is 236 g/mol. The molecule has 0 amide bonds. The van der Waals surface area contributed by atoms with E-state index in [1.807, 2.05) is 6.08 Å². The zero-order chi connectivity index (χ0) is 12.5. The minimum atomic E-state index is -0.283. The number of rotatable bonds is 8. The van der Waals surface area contributed by atoms with Crippen LogP contribution in [0.1, 0.15) is 44.3 Å². The van der Waals surface area contributed by atoms with Gasteiger partial charge in [-0.05, 0) is 44.4 Å². The summed E-state index contributed by atoms with van der Waals surface area (Å²) < 4.78 is 12.8. The summed E-state index contributed by atoms with van der Waals surface area (Å²) in [6.45, 7) is 6.81. The van der Waals surface area contributed by atoms with Crippen molar-refractivity contribution < 1.29 is 4.39 Å². The number of halogens is 1. The lowest BCUT2D eigenvalue weighted by atomic mass is 10.1. The molecule has 0 saturated carbocycles. The summed E-state index contributed by atoms with van der Waals surface area (Å²) in [5.74, 6) is -0.283. The Kier molecular flexibility index (Phi) is 6.48. The SMILES string of the molecule is C=CCCCC(NCCC)c1ccc(F)cn1. The van der Waals surface area contributed by atoms with Crippen LogP contribution in [0.3, 0.4) is 0 Å². The molecule has 0 bridgehead atoms. The molecule has 2 nitrogen and oxygen atoms in total. The topological polar surface area (TPSA) is 24.9 Å². The summed E-state index contributed by atoms with van der Waals surface area (Å²) in [7, 11) is 0. The Morgan fingerprint density at radius 2 is 2.35 bits per heavy atom. The van der Waals surface area contributed by atoms with Crippen molar-refractivity contribution in [2.45, 2.75) is 38.6 Å². The van der Waals surface area contributed by atoms with E-state index in [2.05, 4.69) is 23.8 Å². The van der Waals surface area contributed by atoms with E-state index in [1.54, 1.807) is 6.07 Å². The Balaban J connectivity index is 2.60. The maximum absolute atomic E-state index is 12.8. The predicted molar refractivity (Wildman–Crippen MR) is 69.3 cm³/mol. The van der Waals surface area contributed by atoms with Crippen LogP contribution in [0.25, 0.3) is 0 Å². The normalized spacial score (nSPS) is 12.4. The first-order chi connectivity index (χ1) is 8.27. The highest BCUT2D eigenvalue weighted by molar-refractivity contribution is 5.09. The maximum Gasteiger partial charge on any atom is 0.141 e. The van der Waals surface area contributed by atoms with E-state index in [1.165, 1.54) is 12.3 Å². The molecule has 1 heterocycles. The van der Waals surface area contributed by atoms with Crippen molar-refractivity contribution in [3.8, 4) is 0 Å². The van der Waals surface area contributed by atoms with E-state index < -0.39 is 0 Å². The number of aromatic nitrogens is 1. The number of hydrogen-bond donors (Lipinski definition) is 1. The Bertz CT molecular complexity index is 321. The second kappa shape index (κ2) is 7.96. The molecule has 3 heteroatoms. The van der Waals surface area contributed by atoms with Gasteiger partial charge in [0.25, 0.3) is 0 Å². The highest BCUT2D eigenvalue weighted by Crippen LogP contribution is 2.17. The third-order valence-electron chi connectivity index (χ3n) is 2.65. The zero-order valence-electron chi connectivity index (χ0n) is 10.5. The summed E-state index contributed by atoms with van der Waals surface area (Å²) in [6, 6.07) is 3.45. The lowest BCUT2D eigenvalue weighted by Gasteiger charge is -2.17. The van der Waals surface area contributed by atoms with Gasteiger partial charge in [0.15, 0.2) is 0 Å². The van der Waals surface area contributed by atoms with E-state index in [0.717, 1.165) is 37.9 Å². The van der Waals surface area contributed by atoms with Gasteiger partial charge in [-0.15, -0.1) is 6.58 Å². The Morgan fingerprint density at radius 3 is 2.94 bits per heavy atom. The van der Waals surface area contributed by atoms with Crippen LogP contribution < -0.4 is 5.32 Å². The van der Waals surface area contributed by atoms with Crippen LogP contribution in [-0.2, 0) is 0 Å². The average Bonchev–Trinajstić information content (AvgIpc) is 2.35. The Labute approximate surface area is 103 Å². The molecule has 94 valence electrons. The van der Waals surface area contributed by atoms with Crippen molar-refractivity contribution in [2.75, 3.05) is 6.54 Å². The number of nitrogens with one attached hydrogen (secondary N) is 1. The van der Waals surface area contributed by atoms with Gasteiger partial charge in [-0.3, -0.25) is 4.98 Å². The summed E-state index contributed by atoms with van der Waals surface area (Å²) in [5, 5.41) is 3.44. The minimum Gasteiger partial charge on any atom is -0.309 e. The largest absolute Gasteiger partial charge is 0.309 e. The van der Waals surface area contributed by atoms with E-state index in [0.29, 0.717) is 0 Å². The molecule has 0 aliphatic carbocycles. The molecule has 0 radical (unpaired) electrons. The molecule has 0 aromatic carbocycles. The number of pyridine rings is 1. The molecule has 0 aliphatic rings. The summed E-state index contributed by atoms with van der Waals surface area (Å²) in [5.41, 5.74) is 0.920. The van der Waals surface area contributed by atoms with Gasteiger partial charge in [-0.25, -0.2) is 4.39 Å². The van der Waals surface area contributed by atoms with E-state index >= 15 is 0 Å². The number of hydrogen-bond acceptors (Lipinski definition) is 2. The van der Waals surface area contributed by atoms with Gasteiger partial charge in [0, 0.05) is 6.04 Å². The predicted octanol–water partition coefficient (Wildman–Crippen LogP) is 3.62. The van der Waals surface area contributed by atoms with Gasteiger partial charge in [-0.1, -0.05) is 13.0 Å². The molecule has 0 saturated heterocycles. The van der Waals surface area contributed by atoms with Crippen molar-refractivity contribution in [3.63, 3.8) is 0 Å². The van der Waals surface area contributed by atoms with Gasteiger partial charge in [0.2, 0.25) is 0 Å². The molecule has 0 spiro atoms. The zero-order valence-corrected chi connectivity index (χ0v) is 10.5. The highest BCUT2D eigenvalue weighted by atomic mass is 19.1. The van der Waals surface area contributed by atoms with Crippen LogP contribution in [0.5, 0.6) is 0 Å². The fourth-order valence-electron chi connectivity index (χ4n) is 1.73. The fourth-order valence-corrected chi connectivity index (χ4v) is 1.73. The second-order valence-electron chi connectivity index (χ2n) is 4.13. The fraction of sp³-hybridized carbons (Fsp3) is 0.500. The van der Waals surface area contributed by atoms with Crippen LogP contribution in [0.4, 0.5) is 4.39 Å². The Hall–Kier alpha value is -1.22. The third-order valence-corrected chi connectivity index (χ3v) is 2.65. The third kappa shape index (κ3) is 5.09. The van der Waals surface area contributed by atoms with Crippen molar-refractivity contribution in [3.05, 3.63) is 42.5 Å².